The zero-order valence-corrected chi connectivity index (χ0v) is 6.43. The van der Waals surface area contributed by atoms with Crippen LogP contribution in [0.5, 0.6) is 0 Å². The van der Waals surface area contributed by atoms with Crippen molar-refractivity contribution in [3.63, 3.8) is 0 Å². The summed E-state index contributed by atoms with van der Waals surface area (Å²) < 4.78 is 0. The molecule has 0 saturated carbocycles. The fraction of sp³-hybridized carbons (Fsp3) is 0.667. The van der Waals surface area contributed by atoms with Gasteiger partial charge >= 0.3 is 11.9 Å². The van der Waals surface area contributed by atoms with Crippen molar-refractivity contribution in [2.24, 2.45) is 11.5 Å². The van der Waals surface area contributed by atoms with Gasteiger partial charge in [0.2, 0.25) is 0 Å². The fourth-order valence-electron chi connectivity index (χ4n) is 0.706. The summed E-state index contributed by atoms with van der Waals surface area (Å²) in [6.45, 7) is 0. The van der Waals surface area contributed by atoms with E-state index in [-0.39, 0.29) is 12.8 Å². The van der Waals surface area contributed by atoms with Crippen molar-refractivity contribution in [1.82, 2.24) is 0 Å². The molecular formula is C6H12N2O4. The van der Waals surface area contributed by atoms with E-state index >= 15 is 0 Å². The molecule has 0 radical (unpaired) electrons. The van der Waals surface area contributed by atoms with Crippen molar-refractivity contribution in [1.29, 1.82) is 0 Å². The van der Waals surface area contributed by atoms with Crippen LogP contribution >= 0.6 is 0 Å². The van der Waals surface area contributed by atoms with Crippen LogP contribution in [0.1, 0.15) is 12.8 Å². The van der Waals surface area contributed by atoms with Crippen LogP contribution in [-0.4, -0.2) is 34.2 Å². The predicted octanol–water partition coefficient (Wildman–Crippen LogP) is -1.41. The quantitative estimate of drug-likeness (QED) is 0.407. The van der Waals surface area contributed by atoms with Crippen LogP contribution in [0.2, 0.25) is 0 Å². The van der Waals surface area contributed by atoms with Gasteiger partial charge in [-0.05, 0) is 0 Å². The van der Waals surface area contributed by atoms with Crippen molar-refractivity contribution in [3.8, 4) is 0 Å². The molecule has 0 amide bonds. The van der Waals surface area contributed by atoms with Gasteiger partial charge in [0, 0.05) is 12.1 Å². The highest BCUT2D eigenvalue weighted by Crippen LogP contribution is 1.98. The maximum Gasteiger partial charge on any atom is 0.304 e. The summed E-state index contributed by atoms with van der Waals surface area (Å²) >= 11 is 0. The first-order valence-electron chi connectivity index (χ1n) is 3.38. The summed E-state index contributed by atoms with van der Waals surface area (Å²) in [5.41, 5.74) is 10.6. The number of carbonyl (C=O) groups is 2. The maximum atomic E-state index is 10.1. The second kappa shape index (κ2) is 4.68. The molecule has 0 rings (SSSR count). The molecular weight excluding hydrogens is 164 g/mol. The summed E-state index contributed by atoms with van der Waals surface area (Å²) in [6.07, 6.45) is -0.622. The van der Waals surface area contributed by atoms with Crippen LogP contribution in [0.4, 0.5) is 0 Å². The third-order valence-corrected chi connectivity index (χ3v) is 1.37. The molecule has 0 bridgehead atoms. The average molecular weight is 176 g/mol. The van der Waals surface area contributed by atoms with E-state index in [1.807, 2.05) is 0 Å². The third kappa shape index (κ3) is 4.64. The van der Waals surface area contributed by atoms with Crippen LogP contribution < -0.4 is 11.5 Å². The van der Waals surface area contributed by atoms with Crippen LogP contribution in [0.3, 0.4) is 0 Å². The molecule has 0 saturated heterocycles. The molecule has 6 nitrogen and oxygen atoms in total. The fourth-order valence-corrected chi connectivity index (χ4v) is 0.706. The van der Waals surface area contributed by atoms with Gasteiger partial charge in [-0.15, -0.1) is 0 Å². The van der Waals surface area contributed by atoms with Crippen molar-refractivity contribution in [2.75, 3.05) is 0 Å². The van der Waals surface area contributed by atoms with Crippen LogP contribution in [-0.2, 0) is 9.59 Å². The normalized spacial score (nSPS) is 15.2. The minimum absolute atomic E-state index is 0.311. The Balaban J connectivity index is 3.83. The predicted molar refractivity (Wildman–Crippen MR) is 40.5 cm³/mol. The van der Waals surface area contributed by atoms with E-state index in [2.05, 4.69) is 0 Å². The topological polar surface area (TPSA) is 127 Å². The van der Waals surface area contributed by atoms with Gasteiger partial charge in [0.15, 0.2) is 0 Å². The Bertz CT molecular complexity index is 162. The van der Waals surface area contributed by atoms with Gasteiger partial charge in [-0.2, -0.15) is 0 Å². The van der Waals surface area contributed by atoms with E-state index in [1.54, 1.807) is 0 Å². The van der Waals surface area contributed by atoms with Crippen LogP contribution in [0, 0.1) is 0 Å². The molecule has 0 heterocycles. The van der Waals surface area contributed by atoms with E-state index in [1.165, 1.54) is 0 Å². The van der Waals surface area contributed by atoms with Crippen LogP contribution in [0.25, 0.3) is 0 Å². The Morgan fingerprint density at radius 3 is 1.42 bits per heavy atom. The number of hydrogen-bond acceptors (Lipinski definition) is 4. The van der Waals surface area contributed by atoms with E-state index < -0.39 is 24.0 Å². The van der Waals surface area contributed by atoms with Gasteiger partial charge in [0.1, 0.15) is 0 Å². The number of nitrogens with two attached hydrogens (primary N) is 2. The first kappa shape index (κ1) is 10.9. The molecule has 0 fully saturated rings. The van der Waals surface area contributed by atoms with Gasteiger partial charge < -0.3 is 21.7 Å². The smallest absolute Gasteiger partial charge is 0.304 e. The first-order valence-corrected chi connectivity index (χ1v) is 3.38. The lowest BCUT2D eigenvalue weighted by Gasteiger charge is -2.15. The largest absolute Gasteiger partial charge is 0.481 e. The minimum Gasteiger partial charge on any atom is -0.481 e. The Morgan fingerprint density at radius 2 is 1.25 bits per heavy atom. The van der Waals surface area contributed by atoms with Gasteiger partial charge in [-0.3, -0.25) is 9.59 Å². The molecule has 0 aliphatic carbocycles. The lowest BCUT2D eigenvalue weighted by Crippen LogP contribution is -2.44. The number of carboxylic acids is 2. The number of hydrogen-bond donors (Lipinski definition) is 4. The second-order valence-electron chi connectivity index (χ2n) is 2.52. The zero-order valence-electron chi connectivity index (χ0n) is 6.43. The average Bonchev–Trinajstić information content (AvgIpc) is 1.84. The molecule has 6 N–H and O–H groups in total. The molecule has 0 aromatic rings. The van der Waals surface area contributed by atoms with Gasteiger partial charge in [-0.1, -0.05) is 0 Å². The molecule has 0 aliphatic heterocycles. The van der Waals surface area contributed by atoms with E-state index in [0.717, 1.165) is 0 Å². The molecule has 0 aromatic heterocycles. The molecule has 0 spiro atoms. The van der Waals surface area contributed by atoms with Crippen LogP contribution in [0.15, 0.2) is 0 Å². The summed E-state index contributed by atoms with van der Waals surface area (Å²) in [7, 11) is 0. The summed E-state index contributed by atoms with van der Waals surface area (Å²) in [6, 6.07) is -1.61. The highest BCUT2D eigenvalue weighted by atomic mass is 16.4. The van der Waals surface area contributed by atoms with Gasteiger partial charge in [0.05, 0.1) is 12.8 Å². The highest BCUT2D eigenvalue weighted by Gasteiger charge is 2.18. The Hall–Kier alpha value is -1.14. The lowest BCUT2D eigenvalue weighted by molar-refractivity contribution is -0.140. The summed E-state index contributed by atoms with van der Waals surface area (Å²) in [5.74, 6) is -2.16. The molecule has 0 aromatic carbocycles. The van der Waals surface area contributed by atoms with Crippen molar-refractivity contribution in [2.45, 2.75) is 24.9 Å². The number of aliphatic carboxylic acids is 2. The molecule has 12 heavy (non-hydrogen) atoms. The number of carboxylic acid groups (broad SMARTS) is 2. The Kier molecular flexibility index (Phi) is 4.24. The van der Waals surface area contributed by atoms with Crippen molar-refractivity contribution < 1.29 is 19.8 Å². The molecule has 2 atom stereocenters. The van der Waals surface area contributed by atoms with Crippen molar-refractivity contribution in [3.05, 3.63) is 0 Å². The van der Waals surface area contributed by atoms with E-state index in [0.29, 0.717) is 0 Å². The van der Waals surface area contributed by atoms with Gasteiger partial charge in [-0.25, -0.2) is 0 Å². The monoisotopic (exact) mass is 176 g/mol. The van der Waals surface area contributed by atoms with E-state index in [9.17, 15) is 9.59 Å². The molecule has 0 unspecified atom stereocenters. The SMILES string of the molecule is N[C@@H](CC(=O)O)[C@@H](N)CC(=O)O. The highest BCUT2D eigenvalue weighted by molar-refractivity contribution is 5.69. The maximum absolute atomic E-state index is 10.1. The minimum atomic E-state index is -1.08. The Morgan fingerprint density at radius 1 is 1.00 bits per heavy atom. The Labute approximate surface area is 69.2 Å². The first-order chi connectivity index (χ1) is 5.43. The molecule has 70 valence electrons. The lowest BCUT2D eigenvalue weighted by atomic mass is 10.0. The number of rotatable bonds is 5. The van der Waals surface area contributed by atoms with E-state index in [4.69, 9.17) is 21.7 Å². The summed E-state index contributed by atoms with van der Waals surface area (Å²) in [4.78, 5) is 20.2. The molecule has 6 heteroatoms. The second-order valence-corrected chi connectivity index (χ2v) is 2.52. The van der Waals surface area contributed by atoms with Crippen molar-refractivity contribution >= 4 is 11.9 Å². The third-order valence-electron chi connectivity index (χ3n) is 1.37. The standard InChI is InChI=1S/C6H12N2O4/c7-3(1-5(9)10)4(8)2-6(11)12/h3-4H,1-2,7-8H2,(H,9,10)(H,11,12)/t3-,4-/m0/s1. The zero-order chi connectivity index (χ0) is 9.72. The molecule has 0 aliphatic rings. The summed E-state index contributed by atoms with van der Waals surface area (Å²) in [5, 5.41) is 16.6. The van der Waals surface area contributed by atoms with Gasteiger partial charge in [0.25, 0.3) is 0 Å².